The molecule has 2 aromatic rings. The normalized spacial score (nSPS) is 13.8. The molecule has 1 N–H and O–H groups in total. The Bertz CT molecular complexity index is 754. The number of nitrogens with one attached hydrogen (secondary N) is 1. The van der Waals surface area contributed by atoms with Crippen LogP contribution in [0.15, 0.2) is 36.9 Å². The van der Waals surface area contributed by atoms with E-state index in [1.54, 1.807) is 24.7 Å². The Balaban J connectivity index is 1.54. The van der Waals surface area contributed by atoms with E-state index in [9.17, 15) is 14.9 Å². The molecule has 0 bridgehead atoms. The highest BCUT2D eigenvalue weighted by molar-refractivity contribution is 5.95. The van der Waals surface area contributed by atoms with Crippen LogP contribution in [-0.4, -0.2) is 40.0 Å². The van der Waals surface area contributed by atoms with Gasteiger partial charge in [0, 0.05) is 50.2 Å². The van der Waals surface area contributed by atoms with Crippen LogP contribution in [-0.2, 0) is 6.54 Å². The Morgan fingerprint density at radius 2 is 2.08 bits per heavy atom. The van der Waals surface area contributed by atoms with Gasteiger partial charge in [-0.2, -0.15) is 0 Å². The van der Waals surface area contributed by atoms with Crippen molar-refractivity contribution in [1.29, 1.82) is 0 Å². The smallest absolute Gasteiger partial charge is 0.293 e. The number of nitrogens with zero attached hydrogens (tertiary/aromatic N) is 4. The first kappa shape index (κ1) is 17.9. The fraction of sp³-hybridized carbons (Fsp3) is 0.444. The third-order valence-corrected chi connectivity index (χ3v) is 4.57. The lowest BCUT2D eigenvalue weighted by Crippen LogP contribution is -2.25. The van der Waals surface area contributed by atoms with Crippen molar-refractivity contribution in [3.63, 3.8) is 0 Å². The maximum absolute atomic E-state index is 12.3. The Kier molecular flexibility index (Phi) is 5.83. The second-order valence-corrected chi connectivity index (χ2v) is 6.42. The van der Waals surface area contributed by atoms with Gasteiger partial charge in [-0.25, -0.2) is 4.98 Å². The summed E-state index contributed by atoms with van der Waals surface area (Å²) in [4.78, 5) is 29.3. The van der Waals surface area contributed by atoms with E-state index in [0.717, 1.165) is 45.3 Å². The lowest BCUT2D eigenvalue weighted by atomic mass is 10.1. The Morgan fingerprint density at radius 1 is 1.27 bits per heavy atom. The van der Waals surface area contributed by atoms with Gasteiger partial charge in [-0.3, -0.25) is 14.9 Å². The van der Waals surface area contributed by atoms with Crippen LogP contribution in [0.4, 0.5) is 11.4 Å². The topological polar surface area (TPSA) is 93.3 Å². The van der Waals surface area contributed by atoms with Crippen molar-refractivity contribution in [3.8, 4) is 0 Å². The van der Waals surface area contributed by atoms with E-state index in [1.165, 1.54) is 6.07 Å². The van der Waals surface area contributed by atoms with Crippen molar-refractivity contribution < 1.29 is 9.72 Å². The molecule has 0 atom stereocenters. The molecule has 1 aromatic heterocycles. The zero-order chi connectivity index (χ0) is 18.4. The predicted octanol–water partition coefficient (Wildman–Crippen LogP) is 2.60. The second kappa shape index (κ2) is 8.46. The van der Waals surface area contributed by atoms with Gasteiger partial charge in [-0.1, -0.05) is 0 Å². The van der Waals surface area contributed by atoms with E-state index in [1.807, 2.05) is 15.7 Å². The zero-order valence-corrected chi connectivity index (χ0v) is 14.6. The summed E-state index contributed by atoms with van der Waals surface area (Å²) in [5, 5.41) is 14.2. The van der Waals surface area contributed by atoms with E-state index < -0.39 is 4.92 Å². The molecule has 0 radical (unpaired) electrons. The first-order valence-corrected chi connectivity index (χ1v) is 8.92. The number of imidazole rings is 1. The second-order valence-electron chi connectivity index (χ2n) is 6.42. The average Bonchev–Trinajstić information content (AvgIpc) is 3.34. The molecule has 1 aliphatic heterocycles. The van der Waals surface area contributed by atoms with Crippen molar-refractivity contribution in [1.82, 2.24) is 14.9 Å². The number of aromatic nitrogens is 2. The molecular weight excluding hydrogens is 334 g/mol. The van der Waals surface area contributed by atoms with Gasteiger partial charge in [0.1, 0.15) is 5.69 Å². The molecule has 0 aliphatic carbocycles. The fourth-order valence-electron chi connectivity index (χ4n) is 3.18. The summed E-state index contributed by atoms with van der Waals surface area (Å²) < 4.78 is 1.99. The molecule has 138 valence electrons. The molecule has 0 unspecified atom stereocenters. The molecule has 1 aromatic carbocycles. The lowest BCUT2D eigenvalue weighted by molar-refractivity contribution is -0.384. The van der Waals surface area contributed by atoms with Crippen LogP contribution in [0.2, 0.25) is 0 Å². The van der Waals surface area contributed by atoms with Crippen LogP contribution in [0, 0.1) is 10.1 Å². The first-order chi connectivity index (χ1) is 12.6. The number of rotatable bonds is 8. The third-order valence-electron chi connectivity index (χ3n) is 4.57. The van der Waals surface area contributed by atoms with Crippen molar-refractivity contribution in [2.24, 2.45) is 0 Å². The molecule has 26 heavy (non-hydrogen) atoms. The Labute approximate surface area is 152 Å². The number of aryl methyl sites for hydroxylation is 1. The summed E-state index contributed by atoms with van der Waals surface area (Å²) in [6.45, 7) is 3.04. The number of benzene rings is 1. The third kappa shape index (κ3) is 4.38. The van der Waals surface area contributed by atoms with Crippen LogP contribution >= 0.6 is 0 Å². The number of nitro groups is 1. The summed E-state index contributed by atoms with van der Waals surface area (Å²) in [7, 11) is 0. The van der Waals surface area contributed by atoms with Crippen molar-refractivity contribution >= 4 is 17.3 Å². The molecule has 8 nitrogen and oxygen atoms in total. The molecular formula is C18H23N5O3. The highest BCUT2D eigenvalue weighted by Gasteiger charge is 2.23. The van der Waals surface area contributed by atoms with Gasteiger partial charge in [0.2, 0.25) is 0 Å². The van der Waals surface area contributed by atoms with E-state index >= 15 is 0 Å². The molecule has 1 fully saturated rings. The van der Waals surface area contributed by atoms with Gasteiger partial charge in [-0.05, 0) is 37.8 Å². The van der Waals surface area contributed by atoms with E-state index in [4.69, 9.17) is 0 Å². The lowest BCUT2D eigenvalue weighted by Gasteiger charge is -2.17. The van der Waals surface area contributed by atoms with Gasteiger partial charge >= 0.3 is 0 Å². The Hall–Kier alpha value is -2.90. The SMILES string of the molecule is O=C(NCCCCn1ccnc1)c1ccc(N2CCCC2)c([N+](=O)[O-])c1. The minimum atomic E-state index is -0.407. The van der Waals surface area contributed by atoms with Crippen molar-refractivity contribution in [2.45, 2.75) is 32.2 Å². The quantitative estimate of drug-likeness (QED) is 0.445. The summed E-state index contributed by atoms with van der Waals surface area (Å²) in [5.74, 6) is -0.274. The number of amides is 1. The van der Waals surface area contributed by atoms with Gasteiger partial charge < -0.3 is 14.8 Å². The standard InChI is InChI=1S/C18H23N5O3/c24-18(20-7-1-2-9-21-12-8-19-14-21)15-5-6-16(17(13-15)23(25)26)22-10-3-4-11-22/h5-6,8,12-14H,1-4,7,9-11H2,(H,20,24). The summed E-state index contributed by atoms with van der Waals surface area (Å²) in [6, 6.07) is 4.74. The molecule has 8 heteroatoms. The largest absolute Gasteiger partial charge is 0.366 e. The molecule has 0 spiro atoms. The molecule has 1 amide bonds. The van der Waals surface area contributed by atoms with E-state index in [-0.39, 0.29) is 11.6 Å². The van der Waals surface area contributed by atoms with Crippen molar-refractivity contribution in [2.75, 3.05) is 24.5 Å². The predicted molar refractivity (Wildman–Crippen MR) is 98.3 cm³/mol. The monoisotopic (exact) mass is 357 g/mol. The maximum atomic E-state index is 12.3. The molecule has 3 rings (SSSR count). The number of carbonyl (C=O) groups is 1. The minimum absolute atomic E-state index is 0.000317. The van der Waals surface area contributed by atoms with E-state index in [0.29, 0.717) is 17.8 Å². The Morgan fingerprint density at radius 3 is 2.77 bits per heavy atom. The van der Waals surface area contributed by atoms with Crippen LogP contribution in [0.25, 0.3) is 0 Å². The summed E-state index contributed by atoms with van der Waals surface area (Å²) in [6.07, 6.45) is 9.24. The van der Waals surface area contributed by atoms with Crippen LogP contribution in [0.3, 0.4) is 0 Å². The van der Waals surface area contributed by atoms with Gasteiger partial charge in [-0.15, -0.1) is 0 Å². The highest BCUT2D eigenvalue weighted by atomic mass is 16.6. The van der Waals surface area contributed by atoms with Crippen molar-refractivity contribution in [3.05, 3.63) is 52.6 Å². The maximum Gasteiger partial charge on any atom is 0.293 e. The van der Waals surface area contributed by atoms with Gasteiger partial charge in [0.15, 0.2) is 0 Å². The molecule has 2 heterocycles. The minimum Gasteiger partial charge on any atom is -0.366 e. The van der Waals surface area contributed by atoms with Crippen LogP contribution < -0.4 is 10.2 Å². The molecule has 1 saturated heterocycles. The number of unbranched alkanes of at least 4 members (excludes halogenated alkanes) is 1. The van der Waals surface area contributed by atoms with Crippen LogP contribution in [0.1, 0.15) is 36.0 Å². The van der Waals surface area contributed by atoms with Gasteiger partial charge in [0.05, 0.1) is 11.3 Å². The zero-order valence-electron chi connectivity index (χ0n) is 14.6. The average molecular weight is 357 g/mol. The fourth-order valence-corrected chi connectivity index (χ4v) is 3.18. The number of hydrogen-bond acceptors (Lipinski definition) is 5. The van der Waals surface area contributed by atoms with Gasteiger partial charge in [0.25, 0.3) is 11.6 Å². The summed E-state index contributed by atoms with van der Waals surface area (Å²) in [5.41, 5.74) is 0.929. The number of anilines is 1. The number of carbonyl (C=O) groups excluding carboxylic acids is 1. The van der Waals surface area contributed by atoms with E-state index in [2.05, 4.69) is 10.3 Å². The molecule has 1 aliphatic rings. The number of hydrogen-bond donors (Lipinski definition) is 1. The first-order valence-electron chi connectivity index (χ1n) is 8.92. The summed E-state index contributed by atoms with van der Waals surface area (Å²) >= 11 is 0. The number of nitro benzene ring substituents is 1. The van der Waals surface area contributed by atoms with Crippen LogP contribution in [0.5, 0.6) is 0 Å². The molecule has 0 saturated carbocycles. The highest BCUT2D eigenvalue weighted by Crippen LogP contribution is 2.31.